The Hall–Kier alpha value is -1.14. The summed E-state index contributed by atoms with van der Waals surface area (Å²) in [6.07, 6.45) is 3.73. The first-order valence-electron chi connectivity index (χ1n) is 7.87. The second-order valence-corrected chi connectivity index (χ2v) is 7.88. The quantitative estimate of drug-likeness (QED) is 0.849. The van der Waals surface area contributed by atoms with Crippen LogP contribution in [0.5, 0.6) is 0 Å². The first-order chi connectivity index (χ1) is 10.3. The monoisotopic (exact) mass is 325 g/mol. The molecule has 0 bridgehead atoms. The molecule has 1 fully saturated rings. The highest BCUT2D eigenvalue weighted by Crippen LogP contribution is 2.25. The number of thiazole rings is 1. The first kappa shape index (κ1) is 17.2. The van der Waals surface area contributed by atoms with Gasteiger partial charge in [-0.15, -0.1) is 11.3 Å². The molecule has 1 aromatic rings. The minimum Gasteiger partial charge on any atom is -0.444 e. The fourth-order valence-electron chi connectivity index (χ4n) is 2.71. The van der Waals surface area contributed by atoms with Gasteiger partial charge < -0.3 is 9.64 Å². The van der Waals surface area contributed by atoms with Crippen molar-refractivity contribution in [2.24, 2.45) is 0 Å². The van der Waals surface area contributed by atoms with E-state index in [0.717, 1.165) is 30.9 Å². The van der Waals surface area contributed by atoms with Crippen molar-refractivity contribution < 1.29 is 9.53 Å². The number of ether oxygens (including phenoxy) is 1. The highest BCUT2D eigenvalue weighted by Gasteiger charge is 2.33. The Morgan fingerprint density at radius 1 is 1.59 bits per heavy atom. The van der Waals surface area contributed by atoms with Crippen LogP contribution >= 0.6 is 11.3 Å². The van der Waals surface area contributed by atoms with E-state index in [1.807, 2.05) is 37.2 Å². The molecule has 6 heteroatoms. The molecule has 2 rings (SSSR count). The van der Waals surface area contributed by atoms with Crippen molar-refractivity contribution in [2.45, 2.75) is 58.2 Å². The molecule has 1 aliphatic rings. The molecule has 2 heterocycles. The minimum absolute atomic E-state index is 0.190. The Kier molecular flexibility index (Phi) is 5.45. The number of likely N-dealkylation sites (N-methyl/N-ethyl adjacent to an activating group) is 1. The number of rotatable bonds is 4. The van der Waals surface area contributed by atoms with Crippen LogP contribution in [0.25, 0.3) is 0 Å². The average Bonchev–Trinajstić information content (AvgIpc) is 3.06. The number of nitrogens with zero attached hydrogens (tertiary/aromatic N) is 3. The summed E-state index contributed by atoms with van der Waals surface area (Å²) >= 11 is 1.67. The van der Waals surface area contributed by atoms with Gasteiger partial charge in [-0.3, -0.25) is 4.90 Å². The Balaban J connectivity index is 1.94. The van der Waals surface area contributed by atoms with Crippen molar-refractivity contribution in [3.05, 3.63) is 16.6 Å². The predicted molar refractivity (Wildman–Crippen MR) is 89.1 cm³/mol. The molecule has 124 valence electrons. The van der Waals surface area contributed by atoms with Crippen LogP contribution in [-0.2, 0) is 4.74 Å². The Bertz CT molecular complexity index is 484. The predicted octanol–water partition coefficient (Wildman–Crippen LogP) is 3.54. The highest BCUT2D eigenvalue weighted by molar-refractivity contribution is 7.09. The number of carbonyl (C=O) groups excluding carboxylic acids is 1. The number of amides is 1. The Morgan fingerprint density at radius 2 is 2.32 bits per heavy atom. The fraction of sp³-hybridized carbons (Fsp3) is 0.750. The summed E-state index contributed by atoms with van der Waals surface area (Å²) in [5.41, 5.74) is -0.440. The van der Waals surface area contributed by atoms with Crippen molar-refractivity contribution >= 4 is 17.4 Å². The molecule has 0 unspecified atom stereocenters. The molecule has 1 amide bonds. The van der Waals surface area contributed by atoms with Crippen molar-refractivity contribution in [1.82, 2.24) is 14.8 Å². The smallest absolute Gasteiger partial charge is 0.410 e. The Labute approximate surface area is 137 Å². The van der Waals surface area contributed by atoms with Crippen LogP contribution in [-0.4, -0.2) is 52.7 Å². The fourth-order valence-corrected chi connectivity index (χ4v) is 3.47. The number of hydrogen-bond acceptors (Lipinski definition) is 5. The summed E-state index contributed by atoms with van der Waals surface area (Å²) in [6.45, 7) is 9.52. The Morgan fingerprint density at radius 3 is 2.91 bits per heavy atom. The van der Waals surface area contributed by atoms with E-state index < -0.39 is 5.60 Å². The summed E-state index contributed by atoms with van der Waals surface area (Å²) in [5, 5.41) is 3.12. The van der Waals surface area contributed by atoms with Gasteiger partial charge in [-0.05, 0) is 47.6 Å². The van der Waals surface area contributed by atoms with Gasteiger partial charge >= 0.3 is 6.09 Å². The third kappa shape index (κ3) is 4.43. The molecular weight excluding hydrogens is 298 g/mol. The van der Waals surface area contributed by atoms with Gasteiger partial charge in [0.15, 0.2) is 0 Å². The molecule has 5 nitrogen and oxygen atoms in total. The van der Waals surface area contributed by atoms with Gasteiger partial charge in [0.1, 0.15) is 10.6 Å². The lowest BCUT2D eigenvalue weighted by molar-refractivity contribution is 0.0193. The van der Waals surface area contributed by atoms with Crippen LogP contribution in [0.2, 0.25) is 0 Å². The summed E-state index contributed by atoms with van der Waals surface area (Å²) in [7, 11) is 2.09. The number of aromatic nitrogens is 1. The second kappa shape index (κ2) is 6.96. The molecule has 0 aromatic carbocycles. The molecule has 0 N–H and O–H groups in total. The van der Waals surface area contributed by atoms with Gasteiger partial charge in [-0.2, -0.15) is 0 Å². The van der Waals surface area contributed by atoms with E-state index in [0.29, 0.717) is 0 Å². The molecule has 1 saturated heterocycles. The molecule has 1 aromatic heterocycles. The standard InChI is InChI=1S/C16H27N3O2S/c1-12(14-17-8-10-22-14)18(5)11-13-7-6-9-19(13)15(20)21-16(2,3)4/h8,10,12-13H,6-7,9,11H2,1-5H3/t12-,13+/m1/s1. The van der Waals surface area contributed by atoms with Crippen LogP contribution in [0.4, 0.5) is 4.79 Å². The van der Waals surface area contributed by atoms with Gasteiger partial charge in [0.2, 0.25) is 0 Å². The van der Waals surface area contributed by atoms with E-state index in [1.54, 1.807) is 11.3 Å². The maximum Gasteiger partial charge on any atom is 0.410 e. The van der Waals surface area contributed by atoms with Gasteiger partial charge in [-0.1, -0.05) is 0 Å². The first-order valence-corrected chi connectivity index (χ1v) is 8.75. The van der Waals surface area contributed by atoms with Crippen LogP contribution in [0.15, 0.2) is 11.6 Å². The molecule has 0 radical (unpaired) electrons. The van der Waals surface area contributed by atoms with Crippen LogP contribution in [0.3, 0.4) is 0 Å². The molecule has 0 saturated carbocycles. The molecule has 1 aliphatic heterocycles. The second-order valence-electron chi connectivity index (χ2n) is 6.96. The van der Waals surface area contributed by atoms with Gasteiger partial charge in [0.25, 0.3) is 0 Å². The van der Waals surface area contributed by atoms with E-state index in [4.69, 9.17) is 4.74 Å². The summed E-state index contributed by atoms with van der Waals surface area (Å²) < 4.78 is 5.52. The SMILES string of the molecule is C[C@H](c1nccs1)N(C)C[C@@H]1CCCN1C(=O)OC(C)(C)C. The van der Waals surface area contributed by atoms with E-state index in [2.05, 4.69) is 23.9 Å². The van der Waals surface area contributed by atoms with Crippen molar-refractivity contribution in [3.63, 3.8) is 0 Å². The summed E-state index contributed by atoms with van der Waals surface area (Å²) in [4.78, 5) is 20.9. The molecule has 22 heavy (non-hydrogen) atoms. The summed E-state index contributed by atoms with van der Waals surface area (Å²) in [6, 6.07) is 0.489. The van der Waals surface area contributed by atoms with Crippen LogP contribution < -0.4 is 0 Å². The lowest BCUT2D eigenvalue weighted by Gasteiger charge is -2.32. The maximum absolute atomic E-state index is 12.3. The van der Waals surface area contributed by atoms with Crippen molar-refractivity contribution in [1.29, 1.82) is 0 Å². The molecule has 2 atom stereocenters. The van der Waals surface area contributed by atoms with E-state index in [1.165, 1.54) is 0 Å². The van der Waals surface area contributed by atoms with Crippen molar-refractivity contribution in [2.75, 3.05) is 20.1 Å². The largest absolute Gasteiger partial charge is 0.444 e. The molecule has 0 spiro atoms. The topological polar surface area (TPSA) is 45.7 Å². The zero-order chi connectivity index (χ0) is 16.3. The van der Waals surface area contributed by atoms with Gasteiger partial charge in [0.05, 0.1) is 6.04 Å². The third-order valence-electron chi connectivity index (χ3n) is 3.97. The maximum atomic E-state index is 12.3. The third-order valence-corrected chi connectivity index (χ3v) is 4.92. The number of likely N-dealkylation sites (tertiary alicyclic amines) is 1. The summed E-state index contributed by atoms with van der Waals surface area (Å²) in [5.74, 6) is 0. The van der Waals surface area contributed by atoms with Crippen molar-refractivity contribution in [3.8, 4) is 0 Å². The lowest BCUT2D eigenvalue weighted by atomic mass is 10.2. The van der Waals surface area contributed by atoms with Gasteiger partial charge in [0, 0.05) is 30.7 Å². The molecule has 0 aliphatic carbocycles. The van der Waals surface area contributed by atoms with Gasteiger partial charge in [-0.25, -0.2) is 9.78 Å². The number of carbonyl (C=O) groups is 1. The zero-order valence-corrected chi connectivity index (χ0v) is 15.0. The number of hydrogen-bond donors (Lipinski definition) is 0. The zero-order valence-electron chi connectivity index (χ0n) is 14.2. The highest BCUT2D eigenvalue weighted by atomic mass is 32.1. The van der Waals surface area contributed by atoms with E-state index in [-0.39, 0.29) is 18.2 Å². The average molecular weight is 325 g/mol. The molecular formula is C16H27N3O2S. The van der Waals surface area contributed by atoms with E-state index in [9.17, 15) is 4.79 Å². The normalized spacial score (nSPS) is 20.5. The van der Waals surface area contributed by atoms with Crippen LogP contribution in [0.1, 0.15) is 51.6 Å². The lowest BCUT2D eigenvalue weighted by Crippen LogP contribution is -2.44. The minimum atomic E-state index is -0.440. The van der Waals surface area contributed by atoms with E-state index >= 15 is 0 Å². The van der Waals surface area contributed by atoms with Crippen LogP contribution in [0, 0.1) is 0 Å².